The van der Waals surface area contributed by atoms with Gasteiger partial charge in [-0.15, -0.1) is 11.8 Å². The number of nitrogens with one attached hydrogen (secondary N) is 2. The van der Waals surface area contributed by atoms with Crippen LogP contribution in [0.15, 0.2) is 29.2 Å². The monoisotopic (exact) mass is 331 g/mol. The summed E-state index contributed by atoms with van der Waals surface area (Å²) in [6.45, 7) is 4.05. The van der Waals surface area contributed by atoms with E-state index in [1.165, 1.54) is 4.90 Å². The lowest BCUT2D eigenvalue weighted by Gasteiger charge is -2.28. The van der Waals surface area contributed by atoms with Gasteiger partial charge < -0.3 is 10.1 Å². The zero-order chi connectivity index (χ0) is 14.2. The van der Waals surface area contributed by atoms with Crippen molar-refractivity contribution >= 4 is 40.7 Å². The minimum absolute atomic E-state index is 0.670. The average molecular weight is 332 g/mol. The van der Waals surface area contributed by atoms with Crippen LogP contribution in [-0.2, 0) is 4.74 Å². The molecule has 0 atom stereocenters. The predicted octanol–water partition coefficient (Wildman–Crippen LogP) is 2.14. The molecule has 4 nitrogen and oxygen atoms in total. The lowest BCUT2D eigenvalue weighted by molar-refractivity contribution is 0.0247. The molecule has 1 heterocycles. The molecule has 0 amide bonds. The van der Waals surface area contributed by atoms with Crippen molar-refractivity contribution in [2.75, 3.05) is 38.6 Å². The van der Waals surface area contributed by atoms with Crippen molar-refractivity contribution in [3.8, 4) is 0 Å². The molecule has 1 aliphatic rings. The average Bonchev–Trinajstić information content (AvgIpc) is 2.46. The molecule has 0 bridgehead atoms. The van der Waals surface area contributed by atoms with E-state index in [2.05, 4.69) is 15.8 Å². The summed E-state index contributed by atoms with van der Waals surface area (Å²) in [7, 11) is 0. The fourth-order valence-corrected chi connectivity index (χ4v) is 2.85. The summed E-state index contributed by atoms with van der Waals surface area (Å²) in [6.07, 6.45) is 0. The zero-order valence-electron chi connectivity index (χ0n) is 11.1. The van der Waals surface area contributed by atoms with Gasteiger partial charge in [-0.05, 0) is 36.5 Å². The summed E-state index contributed by atoms with van der Waals surface area (Å²) in [5.41, 5.74) is 3.17. The minimum atomic E-state index is 0.670. The summed E-state index contributed by atoms with van der Waals surface area (Å²) < 4.78 is 5.28. The van der Waals surface area contributed by atoms with E-state index in [-0.39, 0.29) is 0 Å². The first kappa shape index (κ1) is 15.9. The number of hydrogen-bond donors (Lipinski definition) is 2. The Morgan fingerprint density at radius 2 is 2.00 bits per heavy atom. The number of hydrazine groups is 1. The first-order valence-corrected chi connectivity index (χ1v) is 8.27. The Morgan fingerprint density at radius 3 is 2.70 bits per heavy atom. The maximum Gasteiger partial charge on any atom is 0.181 e. The van der Waals surface area contributed by atoms with Crippen LogP contribution in [0.2, 0.25) is 5.02 Å². The molecule has 0 radical (unpaired) electrons. The Labute approximate surface area is 134 Å². The molecule has 20 heavy (non-hydrogen) atoms. The first-order chi connectivity index (χ1) is 9.74. The number of nitrogens with zero attached hydrogens (tertiary/aromatic N) is 1. The number of rotatable bonds is 5. The van der Waals surface area contributed by atoms with E-state index in [0.717, 1.165) is 43.6 Å². The number of halogens is 1. The number of thiocarbonyl (C=S) groups is 1. The number of benzene rings is 1. The second kappa shape index (κ2) is 8.69. The fourth-order valence-electron chi connectivity index (χ4n) is 1.72. The lowest BCUT2D eigenvalue weighted by atomic mass is 10.4. The summed E-state index contributed by atoms with van der Waals surface area (Å²) in [6, 6.07) is 7.86. The van der Waals surface area contributed by atoms with Crippen molar-refractivity contribution in [3.63, 3.8) is 0 Å². The molecule has 1 aromatic rings. The Kier molecular flexibility index (Phi) is 6.89. The van der Waals surface area contributed by atoms with Gasteiger partial charge in [0.2, 0.25) is 0 Å². The molecular weight excluding hydrogens is 314 g/mol. The van der Waals surface area contributed by atoms with Crippen LogP contribution in [0.3, 0.4) is 0 Å². The van der Waals surface area contributed by atoms with Gasteiger partial charge in [0.05, 0.1) is 13.2 Å². The van der Waals surface area contributed by atoms with Crippen molar-refractivity contribution in [1.29, 1.82) is 0 Å². The number of morpholine rings is 1. The van der Waals surface area contributed by atoms with Crippen molar-refractivity contribution in [3.05, 3.63) is 29.3 Å². The zero-order valence-corrected chi connectivity index (χ0v) is 13.5. The van der Waals surface area contributed by atoms with Gasteiger partial charge in [-0.3, -0.25) is 5.43 Å². The van der Waals surface area contributed by atoms with E-state index in [9.17, 15) is 0 Å². The van der Waals surface area contributed by atoms with Crippen molar-refractivity contribution in [2.24, 2.45) is 0 Å². The molecule has 0 unspecified atom stereocenters. The first-order valence-electron chi connectivity index (χ1n) is 6.49. The van der Waals surface area contributed by atoms with Crippen LogP contribution in [0.25, 0.3) is 0 Å². The third-order valence-corrected chi connectivity index (χ3v) is 4.24. The van der Waals surface area contributed by atoms with Gasteiger partial charge in [0.25, 0.3) is 0 Å². The number of hydrogen-bond acceptors (Lipinski definition) is 4. The molecule has 1 aliphatic heterocycles. The van der Waals surface area contributed by atoms with Gasteiger partial charge in [0.1, 0.15) is 0 Å². The van der Waals surface area contributed by atoms with Crippen LogP contribution in [0.4, 0.5) is 0 Å². The molecule has 0 spiro atoms. The number of thioether (sulfide) groups is 1. The number of ether oxygens (including phenoxy) is 1. The van der Waals surface area contributed by atoms with Crippen molar-refractivity contribution < 1.29 is 4.74 Å². The highest BCUT2D eigenvalue weighted by Crippen LogP contribution is 2.19. The minimum Gasteiger partial charge on any atom is -0.379 e. The molecule has 0 aliphatic carbocycles. The van der Waals surface area contributed by atoms with Crippen LogP contribution >= 0.6 is 35.6 Å². The summed E-state index contributed by atoms with van der Waals surface area (Å²) in [5.74, 6) is 0.951. The molecule has 1 saturated heterocycles. The van der Waals surface area contributed by atoms with Gasteiger partial charge in [-0.25, -0.2) is 5.01 Å². The second-order valence-electron chi connectivity index (χ2n) is 4.27. The molecule has 1 aromatic carbocycles. The fraction of sp³-hybridized carbons (Fsp3) is 0.462. The van der Waals surface area contributed by atoms with Gasteiger partial charge in [-0.2, -0.15) is 0 Å². The molecule has 7 heteroatoms. The van der Waals surface area contributed by atoms with Crippen LogP contribution in [0, 0.1) is 0 Å². The second-order valence-corrected chi connectivity index (χ2v) is 6.28. The van der Waals surface area contributed by atoms with Crippen LogP contribution < -0.4 is 10.7 Å². The summed E-state index contributed by atoms with van der Waals surface area (Å²) >= 11 is 12.9. The van der Waals surface area contributed by atoms with E-state index < -0.39 is 0 Å². The normalized spacial score (nSPS) is 15.8. The SMILES string of the molecule is S=C(NCCSc1ccc(Cl)cc1)NN1CCOCC1. The summed E-state index contributed by atoms with van der Waals surface area (Å²) in [5, 5.41) is 6.71. The topological polar surface area (TPSA) is 36.5 Å². The van der Waals surface area contributed by atoms with Crippen LogP contribution in [-0.4, -0.2) is 48.7 Å². The Morgan fingerprint density at radius 1 is 1.30 bits per heavy atom. The predicted molar refractivity (Wildman–Crippen MR) is 88.3 cm³/mol. The van der Waals surface area contributed by atoms with Gasteiger partial charge in [-0.1, -0.05) is 11.6 Å². The van der Waals surface area contributed by atoms with E-state index in [1.54, 1.807) is 11.8 Å². The lowest BCUT2D eigenvalue weighted by Crippen LogP contribution is -2.51. The van der Waals surface area contributed by atoms with Gasteiger partial charge >= 0.3 is 0 Å². The Hall–Kier alpha value is -0.530. The molecule has 110 valence electrons. The molecule has 0 saturated carbocycles. The standard InChI is InChI=1S/C13H18ClN3OS2/c14-11-1-3-12(4-2-11)20-10-5-15-13(19)16-17-6-8-18-9-7-17/h1-4H,5-10H2,(H2,15,16,19). The Balaban J connectivity index is 1.58. The third kappa shape index (κ3) is 5.85. The van der Waals surface area contributed by atoms with Crippen molar-refractivity contribution in [2.45, 2.75) is 4.90 Å². The highest BCUT2D eigenvalue weighted by atomic mass is 35.5. The third-order valence-electron chi connectivity index (χ3n) is 2.74. The van der Waals surface area contributed by atoms with E-state index in [1.807, 2.05) is 24.3 Å². The summed E-state index contributed by atoms with van der Waals surface area (Å²) in [4.78, 5) is 1.21. The van der Waals surface area contributed by atoms with Crippen LogP contribution in [0.5, 0.6) is 0 Å². The van der Waals surface area contributed by atoms with E-state index >= 15 is 0 Å². The Bertz CT molecular complexity index is 424. The highest BCUT2D eigenvalue weighted by molar-refractivity contribution is 7.99. The molecule has 2 rings (SSSR count). The maximum absolute atomic E-state index is 5.85. The smallest absolute Gasteiger partial charge is 0.181 e. The maximum atomic E-state index is 5.85. The largest absolute Gasteiger partial charge is 0.379 e. The van der Waals surface area contributed by atoms with Gasteiger partial charge in [0.15, 0.2) is 5.11 Å². The molecule has 1 fully saturated rings. The van der Waals surface area contributed by atoms with Gasteiger partial charge in [0, 0.05) is 35.3 Å². The van der Waals surface area contributed by atoms with Crippen LogP contribution in [0.1, 0.15) is 0 Å². The van der Waals surface area contributed by atoms with Crippen molar-refractivity contribution in [1.82, 2.24) is 15.8 Å². The molecular formula is C13H18ClN3OS2. The molecule has 0 aromatic heterocycles. The molecule has 2 N–H and O–H groups in total. The quantitative estimate of drug-likeness (QED) is 0.489. The van der Waals surface area contributed by atoms with E-state index in [4.69, 9.17) is 28.6 Å². The van der Waals surface area contributed by atoms with E-state index in [0.29, 0.717) is 5.11 Å². The highest BCUT2D eigenvalue weighted by Gasteiger charge is 2.10.